The Hall–Kier alpha value is -2.70. The van der Waals surface area contributed by atoms with E-state index in [4.69, 9.17) is 27.9 Å². The Kier molecular flexibility index (Phi) is 6.49. The molecule has 0 aliphatic heterocycles. The van der Waals surface area contributed by atoms with Crippen LogP contribution in [0.25, 0.3) is 6.08 Å². The first kappa shape index (κ1) is 19.6. The molecule has 26 heavy (non-hydrogen) atoms. The normalized spacial score (nSPS) is 11.1. The number of non-ortho nitro benzene ring substituents is 1. The van der Waals surface area contributed by atoms with Gasteiger partial charge in [0, 0.05) is 24.1 Å². The van der Waals surface area contributed by atoms with E-state index < -0.39 is 16.7 Å². The summed E-state index contributed by atoms with van der Waals surface area (Å²) in [5, 5.41) is 11.1. The lowest BCUT2D eigenvalue weighted by molar-refractivity contribution is -0.384. The Bertz CT molecular complexity index is 871. The fraction of sp³-hybridized carbons (Fsp3) is 0.111. The summed E-state index contributed by atoms with van der Waals surface area (Å²) in [5.74, 6) is -1.14. The summed E-state index contributed by atoms with van der Waals surface area (Å²) in [5.41, 5.74) is 0.617. The molecule has 0 aliphatic rings. The zero-order chi connectivity index (χ0) is 19.3. The molecule has 2 rings (SSSR count). The summed E-state index contributed by atoms with van der Waals surface area (Å²) in [7, 11) is 1.19. The van der Waals surface area contributed by atoms with Crippen molar-refractivity contribution < 1.29 is 19.2 Å². The van der Waals surface area contributed by atoms with Crippen LogP contribution in [0.2, 0.25) is 10.0 Å². The Morgan fingerprint density at radius 3 is 2.19 bits per heavy atom. The molecule has 0 atom stereocenters. The van der Waals surface area contributed by atoms with Gasteiger partial charge in [-0.2, -0.15) is 0 Å². The molecule has 0 saturated heterocycles. The molecule has 0 bridgehead atoms. The average Bonchev–Trinajstić information content (AvgIpc) is 2.60. The maximum atomic E-state index is 12.5. The zero-order valence-corrected chi connectivity index (χ0v) is 15.1. The van der Waals surface area contributed by atoms with Crippen LogP contribution in [0.4, 0.5) is 5.69 Å². The number of methoxy groups -OCH3 is 1. The largest absolute Gasteiger partial charge is 0.466 e. The highest BCUT2D eigenvalue weighted by Crippen LogP contribution is 2.27. The third-order valence-corrected chi connectivity index (χ3v) is 4.11. The predicted molar refractivity (Wildman–Crippen MR) is 98.5 cm³/mol. The fourth-order valence-corrected chi connectivity index (χ4v) is 2.84. The van der Waals surface area contributed by atoms with Crippen LogP contribution in [-0.2, 0) is 9.53 Å². The highest BCUT2D eigenvalue weighted by Gasteiger charge is 2.20. The molecule has 6 nitrogen and oxygen atoms in total. The second-order valence-electron chi connectivity index (χ2n) is 5.21. The molecule has 0 N–H and O–H groups in total. The molecule has 0 aromatic heterocycles. The summed E-state index contributed by atoms with van der Waals surface area (Å²) >= 11 is 12.0. The number of ketones is 1. The number of carbonyl (C=O) groups excluding carboxylic acids is 2. The van der Waals surface area contributed by atoms with E-state index in [0.29, 0.717) is 5.56 Å². The summed E-state index contributed by atoms with van der Waals surface area (Å²) < 4.78 is 4.71. The van der Waals surface area contributed by atoms with Crippen LogP contribution in [0, 0.1) is 10.1 Å². The van der Waals surface area contributed by atoms with E-state index in [0.717, 1.165) is 0 Å². The van der Waals surface area contributed by atoms with Crippen LogP contribution in [0.15, 0.2) is 48.0 Å². The third-order valence-electron chi connectivity index (χ3n) is 3.48. The first-order chi connectivity index (χ1) is 12.3. The minimum atomic E-state index is -0.695. The Balaban J connectivity index is 2.34. The second-order valence-corrected chi connectivity index (χ2v) is 6.02. The number of benzene rings is 2. The quantitative estimate of drug-likeness (QED) is 0.232. The molecule has 0 spiro atoms. The minimum absolute atomic E-state index is 0.0716. The van der Waals surface area contributed by atoms with Crippen molar-refractivity contribution in [2.75, 3.05) is 7.11 Å². The second kappa shape index (κ2) is 8.60. The van der Waals surface area contributed by atoms with Crippen molar-refractivity contribution in [3.05, 3.63) is 79.3 Å². The van der Waals surface area contributed by atoms with Gasteiger partial charge in [-0.1, -0.05) is 29.3 Å². The molecule has 8 heteroatoms. The number of halogens is 2. The van der Waals surface area contributed by atoms with Crippen molar-refractivity contribution in [2.24, 2.45) is 0 Å². The van der Waals surface area contributed by atoms with E-state index in [9.17, 15) is 19.7 Å². The molecule has 2 aromatic rings. The molecular formula is C18H13Cl2NO5. The van der Waals surface area contributed by atoms with E-state index in [1.54, 1.807) is 6.07 Å². The van der Waals surface area contributed by atoms with E-state index in [1.165, 1.54) is 49.6 Å². The van der Waals surface area contributed by atoms with E-state index >= 15 is 0 Å². The van der Waals surface area contributed by atoms with Crippen LogP contribution in [0.1, 0.15) is 22.3 Å². The number of ether oxygens (including phenoxy) is 1. The number of nitro groups is 1. The lowest BCUT2D eigenvalue weighted by Gasteiger charge is -2.08. The van der Waals surface area contributed by atoms with Gasteiger partial charge in [0.2, 0.25) is 0 Å². The number of hydrogen-bond acceptors (Lipinski definition) is 5. The summed E-state index contributed by atoms with van der Waals surface area (Å²) in [6, 6.07) is 10.2. The van der Waals surface area contributed by atoms with E-state index in [-0.39, 0.29) is 33.3 Å². The molecule has 0 heterocycles. The number of hydrogen-bond donors (Lipinski definition) is 0. The van der Waals surface area contributed by atoms with Gasteiger partial charge in [0.25, 0.3) is 5.69 Å². The Morgan fingerprint density at radius 1 is 1.12 bits per heavy atom. The van der Waals surface area contributed by atoms with Gasteiger partial charge < -0.3 is 4.74 Å². The molecule has 0 unspecified atom stereocenters. The zero-order valence-electron chi connectivity index (χ0n) is 13.6. The van der Waals surface area contributed by atoms with Gasteiger partial charge in [0.05, 0.1) is 27.6 Å². The predicted octanol–water partition coefficient (Wildman–Crippen LogP) is 4.73. The van der Waals surface area contributed by atoms with Crippen LogP contribution >= 0.6 is 23.2 Å². The number of nitrogens with zero attached hydrogens (tertiary/aromatic N) is 1. The van der Waals surface area contributed by atoms with Crippen LogP contribution in [-0.4, -0.2) is 23.8 Å². The lowest BCUT2D eigenvalue weighted by Crippen LogP contribution is -2.11. The first-order valence-electron chi connectivity index (χ1n) is 7.34. The summed E-state index contributed by atoms with van der Waals surface area (Å²) in [6.45, 7) is 0. The number of Topliss-reactive ketones (excluding diaryl/α,β-unsaturated/α-hetero) is 1. The molecular weight excluding hydrogens is 381 g/mol. The van der Waals surface area contributed by atoms with Crippen LogP contribution < -0.4 is 0 Å². The number of carbonyl (C=O) groups is 2. The van der Waals surface area contributed by atoms with Gasteiger partial charge in [-0.15, -0.1) is 0 Å². The van der Waals surface area contributed by atoms with Crippen molar-refractivity contribution in [1.29, 1.82) is 0 Å². The maximum absolute atomic E-state index is 12.5. The Labute approximate surface area is 159 Å². The number of nitro benzene ring substituents is 1. The van der Waals surface area contributed by atoms with Crippen molar-refractivity contribution in [3.63, 3.8) is 0 Å². The molecule has 0 saturated carbocycles. The SMILES string of the molecule is COC(=O)/C(=C/c1ccc([N+](=O)[O-])cc1)CC(=O)c1c(Cl)cccc1Cl. The number of rotatable bonds is 6. The van der Waals surface area contributed by atoms with E-state index in [1.807, 2.05) is 0 Å². The van der Waals surface area contributed by atoms with E-state index in [2.05, 4.69) is 0 Å². The topological polar surface area (TPSA) is 86.5 Å². The van der Waals surface area contributed by atoms with Crippen molar-refractivity contribution in [2.45, 2.75) is 6.42 Å². The van der Waals surface area contributed by atoms with Crippen molar-refractivity contribution in [1.82, 2.24) is 0 Å². The van der Waals surface area contributed by atoms with Gasteiger partial charge in [-0.25, -0.2) is 4.79 Å². The van der Waals surface area contributed by atoms with Crippen LogP contribution in [0.3, 0.4) is 0 Å². The first-order valence-corrected chi connectivity index (χ1v) is 8.09. The van der Waals surface area contributed by atoms with Gasteiger partial charge in [0.15, 0.2) is 5.78 Å². The molecule has 0 amide bonds. The van der Waals surface area contributed by atoms with Gasteiger partial charge in [-0.3, -0.25) is 14.9 Å². The van der Waals surface area contributed by atoms with Crippen molar-refractivity contribution >= 4 is 46.7 Å². The molecule has 0 fully saturated rings. The minimum Gasteiger partial charge on any atom is -0.466 e. The Morgan fingerprint density at radius 2 is 1.69 bits per heavy atom. The standard InChI is InChI=1S/C18H13Cl2NO5/c1-26-18(23)12(9-11-5-7-13(8-6-11)21(24)25)10-16(22)17-14(19)3-2-4-15(17)20/h2-9H,10H2,1H3/b12-9+. The monoisotopic (exact) mass is 393 g/mol. The van der Waals surface area contributed by atoms with Gasteiger partial charge in [0.1, 0.15) is 0 Å². The number of esters is 1. The van der Waals surface area contributed by atoms with Crippen LogP contribution in [0.5, 0.6) is 0 Å². The highest BCUT2D eigenvalue weighted by molar-refractivity contribution is 6.40. The molecule has 2 aromatic carbocycles. The molecule has 134 valence electrons. The average molecular weight is 394 g/mol. The summed E-state index contributed by atoms with van der Waals surface area (Å²) in [6.07, 6.45) is 1.14. The highest BCUT2D eigenvalue weighted by atomic mass is 35.5. The lowest BCUT2D eigenvalue weighted by atomic mass is 10.0. The van der Waals surface area contributed by atoms with Gasteiger partial charge >= 0.3 is 5.97 Å². The smallest absolute Gasteiger partial charge is 0.334 e. The maximum Gasteiger partial charge on any atom is 0.334 e. The summed E-state index contributed by atoms with van der Waals surface area (Å²) in [4.78, 5) is 34.7. The third kappa shape index (κ3) is 4.68. The molecule has 0 aliphatic carbocycles. The fourth-order valence-electron chi connectivity index (χ4n) is 2.23. The molecule has 0 radical (unpaired) electrons. The van der Waals surface area contributed by atoms with Crippen molar-refractivity contribution in [3.8, 4) is 0 Å². The van der Waals surface area contributed by atoms with Gasteiger partial charge in [-0.05, 0) is 35.9 Å².